The van der Waals surface area contributed by atoms with E-state index in [9.17, 15) is 9.59 Å². The molecule has 0 aliphatic rings. The third-order valence-electron chi connectivity index (χ3n) is 4.83. The van der Waals surface area contributed by atoms with Crippen molar-refractivity contribution < 1.29 is 9.59 Å². The first-order chi connectivity index (χ1) is 15.6. The van der Waals surface area contributed by atoms with Crippen molar-refractivity contribution >= 4 is 29.1 Å². The first-order valence-corrected chi connectivity index (χ1v) is 10.3. The zero-order chi connectivity index (χ0) is 22.3. The van der Waals surface area contributed by atoms with Gasteiger partial charge in [0.2, 0.25) is 5.91 Å². The van der Waals surface area contributed by atoms with Gasteiger partial charge in [0.15, 0.2) is 0 Å². The number of rotatable bonds is 7. The topological polar surface area (TPSA) is 88.9 Å². The summed E-state index contributed by atoms with van der Waals surface area (Å²) in [5, 5.41) is 10.3. The van der Waals surface area contributed by atoms with Gasteiger partial charge in [0, 0.05) is 22.7 Å². The van der Waals surface area contributed by atoms with Crippen molar-refractivity contribution in [3.05, 3.63) is 108 Å². The normalized spacial score (nSPS) is 11.5. The number of benzene rings is 3. The summed E-state index contributed by atoms with van der Waals surface area (Å²) < 4.78 is 1.62. The van der Waals surface area contributed by atoms with Crippen molar-refractivity contribution in [2.45, 2.75) is 12.5 Å². The summed E-state index contributed by atoms with van der Waals surface area (Å²) in [6.07, 6.45) is 3.39. The van der Waals surface area contributed by atoms with E-state index in [-0.39, 0.29) is 11.8 Å². The zero-order valence-electron chi connectivity index (χ0n) is 17.0. The summed E-state index contributed by atoms with van der Waals surface area (Å²) in [4.78, 5) is 29.7. The van der Waals surface area contributed by atoms with Crippen molar-refractivity contribution in [2.75, 3.05) is 5.32 Å². The van der Waals surface area contributed by atoms with Crippen LogP contribution in [0.4, 0.5) is 5.69 Å². The maximum absolute atomic E-state index is 13.1. The van der Waals surface area contributed by atoms with Crippen molar-refractivity contribution in [2.24, 2.45) is 0 Å². The molecule has 1 aromatic heterocycles. The second-order valence-corrected chi connectivity index (χ2v) is 7.54. The number of nitrogens with zero attached hydrogens (tertiary/aromatic N) is 3. The lowest BCUT2D eigenvalue weighted by molar-refractivity contribution is -0.118. The quantitative estimate of drug-likeness (QED) is 0.451. The lowest BCUT2D eigenvalue weighted by atomic mass is 10.0. The molecule has 0 bridgehead atoms. The summed E-state index contributed by atoms with van der Waals surface area (Å²) in [6, 6.07) is 22.5. The Hall–Kier alpha value is -3.97. The summed E-state index contributed by atoms with van der Waals surface area (Å²) >= 11 is 5.91. The number of nitrogens with one attached hydrogen (secondary N) is 2. The van der Waals surface area contributed by atoms with E-state index >= 15 is 0 Å². The van der Waals surface area contributed by atoms with Crippen LogP contribution in [0.5, 0.6) is 0 Å². The van der Waals surface area contributed by atoms with Crippen LogP contribution in [0.2, 0.25) is 5.02 Å². The molecular weight excluding hydrogens is 426 g/mol. The highest BCUT2D eigenvalue weighted by molar-refractivity contribution is 6.30. The molecule has 0 saturated heterocycles. The Morgan fingerprint density at radius 1 is 0.938 bits per heavy atom. The van der Waals surface area contributed by atoms with Crippen LogP contribution in [0.15, 0.2) is 91.5 Å². The van der Waals surface area contributed by atoms with Crippen LogP contribution < -0.4 is 10.6 Å². The minimum atomic E-state index is -0.768. The van der Waals surface area contributed by atoms with Gasteiger partial charge in [-0.05, 0) is 54.1 Å². The lowest BCUT2D eigenvalue weighted by Crippen LogP contribution is -2.45. The Morgan fingerprint density at radius 3 is 2.31 bits per heavy atom. The van der Waals surface area contributed by atoms with Crippen LogP contribution >= 0.6 is 11.6 Å². The van der Waals surface area contributed by atoms with E-state index in [0.29, 0.717) is 22.7 Å². The average Bonchev–Trinajstić information content (AvgIpc) is 3.35. The molecule has 0 fully saturated rings. The Labute approximate surface area is 190 Å². The molecule has 4 aromatic rings. The summed E-state index contributed by atoms with van der Waals surface area (Å²) in [5.41, 5.74) is 2.79. The Kier molecular flexibility index (Phi) is 6.57. The van der Waals surface area contributed by atoms with E-state index in [1.165, 1.54) is 6.33 Å². The lowest BCUT2D eigenvalue weighted by Gasteiger charge is -2.19. The number of halogens is 1. The molecule has 1 atom stereocenters. The van der Waals surface area contributed by atoms with Crippen LogP contribution in [0.1, 0.15) is 15.9 Å². The molecule has 0 radical (unpaired) electrons. The SMILES string of the molecule is O=C(NC(Cc1ccccc1)C(=O)Nc1ccc(-n2cncn2)cc1)c1ccc(Cl)cc1. The van der Waals surface area contributed by atoms with E-state index < -0.39 is 6.04 Å². The molecule has 1 unspecified atom stereocenters. The van der Waals surface area contributed by atoms with E-state index in [4.69, 9.17) is 11.6 Å². The molecule has 1 heterocycles. The third kappa shape index (κ3) is 5.39. The standard InChI is InChI=1S/C24H20ClN5O2/c25-19-8-6-18(7-9-19)23(31)29-22(14-17-4-2-1-3-5-17)24(32)28-20-10-12-21(13-11-20)30-16-26-15-27-30/h1-13,15-16,22H,14H2,(H,28,32)(H,29,31). The molecule has 0 aliphatic carbocycles. The van der Waals surface area contributed by atoms with Gasteiger partial charge >= 0.3 is 0 Å². The average molecular weight is 446 g/mol. The van der Waals surface area contributed by atoms with Gasteiger partial charge in [-0.1, -0.05) is 41.9 Å². The minimum Gasteiger partial charge on any atom is -0.340 e. The number of carbonyl (C=O) groups is 2. The van der Waals surface area contributed by atoms with E-state index in [1.54, 1.807) is 47.4 Å². The van der Waals surface area contributed by atoms with Gasteiger partial charge < -0.3 is 10.6 Å². The smallest absolute Gasteiger partial charge is 0.251 e. The highest BCUT2D eigenvalue weighted by Crippen LogP contribution is 2.14. The Bertz CT molecular complexity index is 1180. The zero-order valence-corrected chi connectivity index (χ0v) is 17.7. The fourth-order valence-electron chi connectivity index (χ4n) is 3.17. The fourth-order valence-corrected chi connectivity index (χ4v) is 3.30. The number of anilines is 1. The molecule has 8 heteroatoms. The second-order valence-electron chi connectivity index (χ2n) is 7.10. The van der Waals surface area contributed by atoms with Crippen LogP contribution in [-0.2, 0) is 11.2 Å². The minimum absolute atomic E-state index is 0.315. The number of hydrogen-bond acceptors (Lipinski definition) is 4. The fraction of sp³-hybridized carbons (Fsp3) is 0.0833. The van der Waals surface area contributed by atoms with E-state index in [0.717, 1.165) is 11.3 Å². The number of hydrogen-bond donors (Lipinski definition) is 2. The molecule has 2 N–H and O–H groups in total. The van der Waals surface area contributed by atoms with E-state index in [1.807, 2.05) is 42.5 Å². The predicted molar refractivity (Wildman–Crippen MR) is 123 cm³/mol. The Morgan fingerprint density at radius 2 is 1.66 bits per heavy atom. The van der Waals surface area contributed by atoms with Crippen LogP contribution in [0, 0.1) is 0 Å². The largest absolute Gasteiger partial charge is 0.340 e. The van der Waals surface area contributed by atoms with E-state index in [2.05, 4.69) is 20.7 Å². The number of carbonyl (C=O) groups excluding carboxylic acids is 2. The first-order valence-electron chi connectivity index (χ1n) is 9.95. The molecule has 2 amide bonds. The molecular formula is C24H20ClN5O2. The third-order valence-corrected chi connectivity index (χ3v) is 5.08. The molecule has 0 spiro atoms. The molecule has 32 heavy (non-hydrogen) atoms. The molecule has 0 saturated carbocycles. The van der Waals surface area contributed by atoms with Gasteiger partial charge in [0.1, 0.15) is 18.7 Å². The summed E-state index contributed by atoms with van der Waals surface area (Å²) in [5.74, 6) is -0.663. The van der Waals surface area contributed by atoms with Gasteiger partial charge in [-0.2, -0.15) is 5.10 Å². The van der Waals surface area contributed by atoms with Gasteiger partial charge in [-0.25, -0.2) is 9.67 Å². The maximum atomic E-state index is 13.1. The van der Waals surface area contributed by atoms with Crippen LogP contribution in [0.25, 0.3) is 5.69 Å². The molecule has 3 aromatic carbocycles. The van der Waals surface area contributed by atoms with Crippen molar-refractivity contribution in [3.63, 3.8) is 0 Å². The van der Waals surface area contributed by atoms with Crippen molar-refractivity contribution in [1.29, 1.82) is 0 Å². The highest BCUT2D eigenvalue weighted by atomic mass is 35.5. The van der Waals surface area contributed by atoms with Gasteiger partial charge in [-0.3, -0.25) is 9.59 Å². The van der Waals surface area contributed by atoms with Crippen molar-refractivity contribution in [3.8, 4) is 5.69 Å². The molecule has 160 valence electrons. The van der Waals surface area contributed by atoms with Gasteiger partial charge in [0.05, 0.1) is 5.69 Å². The molecule has 7 nitrogen and oxygen atoms in total. The first kappa shape index (κ1) is 21.3. The van der Waals surface area contributed by atoms with Gasteiger partial charge in [0.25, 0.3) is 5.91 Å². The number of aromatic nitrogens is 3. The number of amides is 2. The highest BCUT2D eigenvalue weighted by Gasteiger charge is 2.22. The van der Waals surface area contributed by atoms with Crippen LogP contribution in [-0.4, -0.2) is 32.6 Å². The van der Waals surface area contributed by atoms with Crippen molar-refractivity contribution in [1.82, 2.24) is 20.1 Å². The maximum Gasteiger partial charge on any atom is 0.251 e. The summed E-state index contributed by atoms with van der Waals surface area (Å²) in [7, 11) is 0. The second kappa shape index (κ2) is 9.89. The Balaban J connectivity index is 1.49. The molecule has 0 aliphatic heterocycles. The monoisotopic (exact) mass is 445 g/mol. The van der Waals surface area contributed by atoms with Crippen LogP contribution in [0.3, 0.4) is 0 Å². The molecule has 4 rings (SSSR count). The van der Waals surface area contributed by atoms with Gasteiger partial charge in [-0.15, -0.1) is 0 Å². The predicted octanol–water partition coefficient (Wildman–Crippen LogP) is 3.90. The summed E-state index contributed by atoms with van der Waals surface area (Å²) in [6.45, 7) is 0.